The fraction of sp³-hybridized carbons (Fsp3) is 0.312. The molecule has 0 unspecified atom stereocenters. The van der Waals surface area contributed by atoms with E-state index in [4.69, 9.17) is 16.3 Å². The second-order valence-electron chi connectivity index (χ2n) is 5.02. The Morgan fingerprint density at radius 1 is 1.20 bits per heavy atom. The molecule has 2 aromatic rings. The van der Waals surface area contributed by atoms with Crippen molar-refractivity contribution < 1.29 is 4.74 Å². The minimum absolute atomic E-state index is 0.583. The number of hydrogen-bond donors (Lipinski definition) is 1. The van der Waals surface area contributed by atoms with Crippen molar-refractivity contribution in [2.24, 2.45) is 5.92 Å². The molecule has 2 rings (SSSR count). The molecule has 0 aliphatic rings. The minimum atomic E-state index is 0.583. The number of benzene rings is 1. The largest absolute Gasteiger partial charge is 0.437 e. The lowest BCUT2D eigenvalue weighted by atomic mass is 10.2. The predicted octanol–water partition coefficient (Wildman–Crippen LogP) is 4.27. The fourth-order valence-electron chi connectivity index (χ4n) is 1.78. The van der Waals surface area contributed by atoms with Gasteiger partial charge in [-0.15, -0.1) is 0 Å². The molecule has 3 nitrogen and oxygen atoms in total. The SMILES string of the molecule is CC(C)CNCc1cccnc1Oc1ccccc1Cl. The molecular formula is C16H19ClN2O. The molecular weight excluding hydrogens is 272 g/mol. The van der Waals surface area contributed by atoms with Gasteiger partial charge in [0.25, 0.3) is 0 Å². The fourth-order valence-corrected chi connectivity index (χ4v) is 1.95. The first kappa shape index (κ1) is 14.8. The van der Waals surface area contributed by atoms with Gasteiger partial charge >= 0.3 is 0 Å². The molecule has 1 aromatic carbocycles. The van der Waals surface area contributed by atoms with Crippen LogP contribution in [0.3, 0.4) is 0 Å². The Labute approximate surface area is 124 Å². The minimum Gasteiger partial charge on any atom is -0.437 e. The van der Waals surface area contributed by atoms with Crippen LogP contribution in [0, 0.1) is 5.92 Å². The maximum Gasteiger partial charge on any atom is 0.223 e. The van der Waals surface area contributed by atoms with Crippen LogP contribution in [0.2, 0.25) is 5.02 Å². The highest BCUT2D eigenvalue weighted by Crippen LogP contribution is 2.29. The highest BCUT2D eigenvalue weighted by Gasteiger charge is 2.08. The van der Waals surface area contributed by atoms with Crippen molar-refractivity contribution in [3.05, 3.63) is 53.2 Å². The summed E-state index contributed by atoms with van der Waals surface area (Å²) in [5.41, 5.74) is 1.02. The third kappa shape index (κ3) is 4.22. The van der Waals surface area contributed by atoms with E-state index in [-0.39, 0.29) is 0 Å². The van der Waals surface area contributed by atoms with E-state index in [9.17, 15) is 0 Å². The molecule has 0 fully saturated rings. The number of para-hydroxylation sites is 1. The molecule has 0 spiro atoms. The van der Waals surface area contributed by atoms with Crippen molar-refractivity contribution >= 4 is 11.6 Å². The second kappa shape index (κ2) is 7.27. The van der Waals surface area contributed by atoms with E-state index in [0.717, 1.165) is 18.7 Å². The van der Waals surface area contributed by atoms with Crippen molar-refractivity contribution in [1.82, 2.24) is 10.3 Å². The van der Waals surface area contributed by atoms with Crippen molar-refractivity contribution in [2.45, 2.75) is 20.4 Å². The number of nitrogens with one attached hydrogen (secondary N) is 1. The quantitative estimate of drug-likeness (QED) is 0.862. The molecule has 0 amide bonds. The molecule has 0 atom stereocenters. The summed E-state index contributed by atoms with van der Waals surface area (Å²) < 4.78 is 5.81. The molecule has 20 heavy (non-hydrogen) atoms. The van der Waals surface area contributed by atoms with Gasteiger partial charge in [0.05, 0.1) is 5.02 Å². The number of halogens is 1. The first-order chi connectivity index (χ1) is 9.66. The number of rotatable bonds is 6. The van der Waals surface area contributed by atoms with E-state index in [1.165, 1.54) is 0 Å². The first-order valence-electron chi connectivity index (χ1n) is 6.74. The van der Waals surface area contributed by atoms with Crippen LogP contribution in [0.25, 0.3) is 0 Å². The summed E-state index contributed by atoms with van der Waals surface area (Å²) in [5.74, 6) is 1.83. The lowest BCUT2D eigenvalue weighted by Crippen LogP contribution is -2.19. The van der Waals surface area contributed by atoms with E-state index in [1.807, 2.05) is 30.3 Å². The normalized spacial score (nSPS) is 10.8. The molecule has 1 aromatic heterocycles. The third-order valence-corrected chi connectivity index (χ3v) is 3.07. The van der Waals surface area contributed by atoms with Gasteiger partial charge in [-0.05, 0) is 30.7 Å². The third-order valence-electron chi connectivity index (χ3n) is 2.76. The maximum absolute atomic E-state index is 6.10. The topological polar surface area (TPSA) is 34.2 Å². The van der Waals surface area contributed by atoms with Crippen LogP contribution in [0.5, 0.6) is 11.6 Å². The standard InChI is InChI=1S/C16H19ClN2O/c1-12(2)10-18-11-13-6-5-9-19-16(13)20-15-8-4-3-7-14(15)17/h3-9,12,18H,10-11H2,1-2H3. The Balaban J connectivity index is 2.10. The molecule has 0 radical (unpaired) electrons. The van der Waals surface area contributed by atoms with Crippen LogP contribution in [0.15, 0.2) is 42.6 Å². The lowest BCUT2D eigenvalue weighted by molar-refractivity contribution is 0.450. The van der Waals surface area contributed by atoms with Crippen molar-refractivity contribution in [1.29, 1.82) is 0 Å². The molecule has 0 saturated carbocycles. The highest BCUT2D eigenvalue weighted by atomic mass is 35.5. The maximum atomic E-state index is 6.10. The zero-order valence-electron chi connectivity index (χ0n) is 11.8. The molecule has 106 valence electrons. The monoisotopic (exact) mass is 290 g/mol. The predicted molar refractivity (Wildman–Crippen MR) is 82.3 cm³/mol. The van der Waals surface area contributed by atoms with Gasteiger partial charge in [-0.25, -0.2) is 4.98 Å². The summed E-state index contributed by atoms with van der Waals surface area (Å²) in [7, 11) is 0. The summed E-state index contributed by atoms with van der Waals surface area (Å²) in [4.78, 5) is 4.29. The zero-order chi connectivity index (χ0) is 14.4. The summed E-state index contributed by atoms with van der Waals surface area (Å²) in [6, 6.07) is 11.3. The zero-order valence-corrected chi connectivity index (χ0v) is 12.5. The van der Waals surface area contributed by atoms with Gasteiger partial charge < -0.3 is 10.1 Å². The molecule has 4 heteroatoms. The average Bonchev–Trinajstić information content (AvgIpc) is 2.43. The molecule has 0 aliphatic carbocycles. The van der Waals surface area contributed by atoms with Crippen LogP contribution in [-0.2, 0) is 6.54 Å². The highest BCUT2D eigenvalue weighted by molar-refractivity contribution is 6.32. The van der Waals surface area contributed by atoms with Crippen LogP contribution in [0.4, 0.5) is 0 Å². The van der Waals surface area contributed by atoms with E-state index >= 15 is 0 Å². The second-order valence-corrected chi connectivity index (χ2v) is 5.43. The number of aromatic nitrogens is 1. The molecule has 1 N–H and O–H groups in total. The lowest BCUT2D eigenvalue weighted by Gasteiger charge is -2.12. The summed E-state index contributed by atoms with van der Waals surface area (Å²) in [6.07, 6.45) is 1.72. The van der Waals surface area contributed by atoms with Crippen LogP contribution >= 0.6 is 11.6 Å². The van der Waals surface area contributed by atoms with Gasteiger partial charge in [-0.1, -0.05) is 43.6 Å². The molecule has 0 aliphatic heterocycles. The number of ether oxygens (including phenoxy) is 1. The Kier molecular flexibility index (Phi) is 5.39. The van der Waals surface area contributed by atoms with E-state index in [0.29, 0.717) is 22.6 Å². The van der Waals surface area contributed by atoms with Crippen LogP contribution < -0.4 is 10.1 Å². The van der Waals surface area contributed by atoms with E-state index < -0.39 is 0 Å². The number of pyridine rings is 1. The smallest absolute Gasteiger partial charge is 0.223 e. The number of hydrogen-bond acceptors (Lipinski definition) is 3. The van der Waals surface area contributed by atoms with Gasteiger partial charge in [0.1, 0.15) is 5.75 Å². The average molecular weight is 291 g/mol. The molecule has 0 saturated heterocycles. The van der Waals surface area contributed by atoms with Crippen molar-refractivity contribution in [3.63, 3.8) is 0 Å². The molecule has 1 heterocycles. The van der Waals surface area contributed by atoms with Crippen LogP contribution in [-0.4, -0.2) is 11.5 Å². The number of nitrogens with zero attached hydrogens (tertiary/aromatic N) is 1. The van der Waals surface area contributed by atoms with E-state index in [1.54, 1.807) is 12.3 Å². The Hall–Kier alpha value is -1.58. The van der Waals surface area contributed by atoms with Gasteiger partial charge in [0, 0.05) is 18.3 Å². The summed E-state index contributed by atoms with van der Waals surface area (Å²) >= 11 is 6.10. The van der Waals surface area contributed by atoms with Gasteiger partial charge in [0.2, 0.25) is 5.88 Å². The van der Waals surface area contributed by atoms with Crippen LogP contribution in [0.1, 0.15) is 19.4 Å². The van der Waals surface area contributed by atoms with Gasteiger partial charge in [0.15, 0.2) is 0 Å². The first-order valence-corrected chi connectivity index (χ1v) is 7.11. The summed E-state index contributed by atoms with van der Waals surface area (Å²) in [5, 5.41) is 3.97. The van der Waals surface area contributed by atoms with E-state index in [2.05, 4.69) is 24.1 Å². The van der Waals surface area contributed by atoms with Crippen molar-refractivity contribution in [3.8, 4) is 11.6 Å². The summed E-state index contributed by atoms with van der Waals surface area (Å²) in [6.45, 7) is 6.04. The Morgan fingerprint density at radius 3 is 2.75 bits per heavy atom. The van der Waals surface area contributed by atoms with Crippen molar-refractivity contribution in [2.75, 3.05) is 6.54 Å². The Morgan fingerprint density at radius 2 is 2.00 bits per heavy atom. The molecule has 0 bridgehead atoms. The van der Waals surface area contributed by atoms with Gasteiger partial charge in [-0.2, -0.15) is 0 Å². The Bertz CT molecular complexity index is 558. The van der Waals surface area contributed by atoms with Gasteiger partial charge in [-0.3, -0.25) is 0 Å².